The van der Waals surface area contributed by atoms with Crippen molar-refractivity contribution in [3.63, 3.8) is 0 Å². The van der Waals surface area contributed by atoms with Gasteiger partial charge < -0.3 is 0 Å². The summed E-state index contributed by atoms with van der Waals surface area (Å²) in [6.45, 7) is 0.864. The molecule has 3 heteroatoms. The number of rotatable bonds is 1. The predicted molar refractivity (Wildman–Crippen MR) is 48.3 cm³/mol. The van der Waals surface area contributed by atoms with Gasteiger partial charge in [0.15, 0.2) is 0 Å². The highest BCUT2D eigenvalue weighted by Crippen LogP contribution is 2.07. The Morgan fingerprint density at radius 2 is 2.00 bits per heavy atom. The van der Waals surface area contributed by atoms with Crippen molar-refractivity contribution in [3.8, 4) is 0 Å². The molecule has 0 aliphatic carbocycles. The van der Waals surface area contributed by atoms with E-state index in [0.717, 1.165) is 19.3 Å². The van der Waals surface area contributed by atoms with Crippen molar-refractivity contribution in [2.24, 2.45) is 0 Å². The Bertz CT molecular complexity index is 232. The molecule has 1 aromatic carbocycles. The molecule has 0 saturated carbocycles. The van der Waals surface area contributed by atoms with E-state index in [0.29, 0.717) is 0 Å². The number of hydrogen-bond donors (Lipinski definition) is 0. The molecule has 12 heavy (non-hydrogen) atoms. The van der Waals surface area contributed by atoms with Crippen LogP contribution in [0.3, 0.4) is 0 Å². The van der Waals surface area contributed by atoms with Crippen LogP contribution in [0.2, 0.25) is 6.32 Å². The average molecular weight is 162 g/mol. The maximum atomic E-state index is 5.16. The summed E-state index contributed by atoms with van der Waals surface area (Å²) >= 11 is 0. The molecule has 0 aromatic heterocycles. The van der Waals surface area contributed by atoms with Crippen LogP contribution in [0.1, 0.15) is 6.42 Å². The van der Waals surface area contributed by atoms with Gasteiger partial charge in [-0.3, -0.25) is 9.69 Å². The Balaban J connectivity index is 2.08. The average Bonchev–Trinajstić information content (AvgIpc) is 2.21. The second kappa shape index (κ2) is 3.74. The molecule has 1 saturated heterocycles. The third kappa shape index (κ3) is 1.68. The maximum Gasteiger partial charge on any atom is 0.372 e. The molecule has 1 aliphatic rings. The predicted octanol–water partition coefficient (Wildman–Crippen LogP) is 1.24. The number of benzene rings is 1. The summed E-state index contributed by atoms with van der Waals surface area (Å²) in [4.78, 5) is 10.1. The van der Waals surface area contributed by atoms with Gasteiger partial charge in [0.25, 0.3) is 0 Å². The maximum absolute atomic E-state index is 5.16. The lowest BCUT2D eigenvalue weighted by Crippen LogP contribution is -2.36. The minimum Gasteiger partial charge on any atom is -0.298 e. The molecule has 0 atom stereocenters. The van der Waals surface area contributed by atoms with Gasteiger partial charge in [-0.2, -0.15) is 0 Å². The van der Waals surface area contributed by atoms with E-state index >= 15 is 0 Å². The summed E-state index contributed by atoms with van der Waals surface area (Å²) < 4.78 is 0. The van der Waals surface area contributed by atoms with E-state index in [1.165, 1.54) is 5.46 Å². The van der Waals surface area contributed by atoms with Crippen LogP contribution in [0.25, 0.3) is 0 Å². The van der Waals surface area contributed by atoms with Crippen molar-refractivity contribution < 1.29 is 9.69 Å². The van der Waals surface area contributed by atoms with E-state index in [2.05, 4.69) is 12.1 Å². The minimum atomic E-state index is 0.139. The smallest absolute Gasteiger partial charge is 0.298 e. The van der Waals surface area contributed by atoms with Gasteiger partial charge in [0.1, 0.15) is 0 Å². The van der Waals surface area contributed by atoms with Crippen LogP contribution < -0.4 is 5.46 Å². The molecular formula is C9H11BO2. The van der Waals surface area contributed by atoms with Gasteiger partial charge in [0.2, 0.25) is 0 Å². The van der Waals surface area contributed by atoms with E-state index in [1.807, 2.05) is 18.2 Å². The van der Waals surface area contributed by atoms with E-state index in [1.54, 1.807) is 0 Å². The molecular weight excluding hydrogens is 151 g/mol. The molecule has 2 rings (SSSR count). The fourth-order valence-corrected chi connectivity index (χ4v) is 1.40. The zero-order valence-electron chi connectivity index (χ0n) is 6.90. The fourth-order valence-electron chi connectivity index (χ4n) is 1.40. The largest absolute Gasteiger partial charge is 0.372 e. The first-order chi connectivity index (χ1) is 5.97. The van der Waals surface area contributed by atoms with Crippen LogP contribution in [0.5, 0.6) is 0 Å². The summed E-state index contributed by atoms with van der Waals surface area (Å²) in [6, 6.07) is 10.2. The fraction of sp³-hybridized carbons (Fsp3) is 0.333. The van der Waals surface area contributed by atoms with Gasteiger partial charge in [-0.15, -0.1) is 0 Å². The van der Waals surface area contributed by atoms with Crippen molar-refractivity contribution >= 4 is 12.4 Å². The molecule has 1 aromatic rings. The van der Waals surface area contributed by atoms with Gasteiger partial charge >= 0.3 is 6.92 Å². The van der Waals surface area contributed by atoms with Crippen molar-refractivity contribution in [1.82, 2.24) is 0 Å². The van der Waals surface area contributed by atoms with Crippen LogP contribution in [-0.2, 0) is 9.69 Å². The molecule has 62 valence electrons. The Hall–Kier alpha value is -0.795. The first kappa shape index (κ1) is 7.83. The Kier molecular flexibility index (Phi) is 2.44. The monoisotopic (exact) mass is 162 g/mol. The van der Waals surface area contributed by atoms with Crippen LogP contribution in [0, 0.1) is 0 Å². The standard InChI is InChI=1S/C9H11BO2/c1-2-5-9(6-3-1)10-7-4-8-11-12-10/h1-3,5-6H,4,7-8H2. The van der Waals surface area contributed by atoms with Crippen molar-refractivity contribution in [3.05, 3.63) is 30.3 Å². The molecule has 0 radical (unpaired) electrons. The second-order valence-electron chi connectivity index (χ2n) is 2.96. The summed E-state index contributed by atoms with van der Waals surface area (Å²) in [5.41, 5.74) is 1.21. The third-order valence-corrected chi connectivity index (χ3v) is 2.05. The van der Waals surface area contributed by atoms with E-state index in [9.17, 15) is 0 Å². The normalized spacial score (nSPS) is 17.8. The first-order valence-corrected chi connectivity index (χ1v) is 4.30. The molecule has 0 bridgehead atoms. The summed E-state index contributed by atoms with van der Waals surface area (Å²) in [6.07, 6.45) is 2.14. The minimum absolute atomic E-state index is 0.139. The lowest BCUT2D eigenvalue weighted by atomic mass is 9.57. The zero-order chi connectivity index (χ0) is 8.23. The second-order valence-corrected chi connectivity index (χ2v) is 2.96. The highest BCUT2D eigenvalue weighted by Gasteiger charge is 2.22. The van der Waals surface area contributed by atoms with Crippen LogP contribution in [-0.4, -0.2) is 13.5 Å². The third-order valence-electron chi connectivity index (χ3n) is 2.05. The van der Waals surface area contributed by atoms with Gasteiger partial charge in [-0.25, -0.2) is 0 Å². The Morgan fingerprint density at radius 1 is 1.17 bits per heavy atom. The molecule has 1 fully saturated rings. The van der Waals surface area contributed by atoms with Crippen LogP contribution >= 0.6 is 0 Å². The molecule has 2 nitrogen and oxygen atoms in total. The van der Waals surface area contributed by atoms with Gasteiger partial charge in [0.05, 0.1) is 6.61 Å². The van der Waals surface area contributed by atoms with Gasteiger partial charge in [0, 0.05) is 0 Å². The van der Waals surface area contributed by atoms with E-state index in [-0.39, 0.29) is 6.92 Å². The lowest BCUT2D eigenvalue weighted by molar-refractivity contribution is -0.220. The van der Waals surface area contributed by atoms with Crippen molar-refractivity contribution in [2.45, 2.75) is 12.7 Å². The molecule has 1 aliphatic heterocycles. The van der Waals surface area contributed by atoms with Crippen molar-refractivity contribution in [1.29, 1.82) is 0 Å². The highest BCUT2D eigenvalue weighted by molar-refractivity contribution is 6.67. The number of hydrogen-bond acceptors (Lipinski definition) is 2. The van der Waals surface area contributed by atoms with Crippen LogP contribution in [0.4, 0.5) is 0 Å². The Morgan fingerprint density at radius 3 is 2.67 bits per heavy atom. The lowest BCUT2D eigenvalue weighted by Gasteiger charge is -2.18. The summed E-state index contributed by atoms with van der Waals surface area (Å²) in [7, 11) is 0. The Labute approximate surface area is 72.5 Å². The summed E-state index contributed by atoms with van der Waals surface area (Å²) in [5, 5.41) is 0. The van der Waals surface area contributed by atoms with Gasteiger partial charge in [-0.1, -0.05) is 30.3 Å². The summed E-state index contributed by atoms with van der Waals surface area (Å²) in [5.74, 6) is 0. The highest BCUT2D eigenvalue weighted by atomic mass is 17.2. The van der Waals surface area contributed by atoms with Crippen molar-refractivity contribution in [2.75, 3.05) is 6.61 Å². The van der Waals surface area contributed by atoms with Crippen LogP contribution in [0.15, 0.2) is 30.3 Å². The first-order valence-electron chi connectivity index (χ1n) is 4.30. The molecule has 0 N–H and O–H groups in total. The van der Waals surface area contributed by atoms with Gasteiger partial charge in [-0.05, 0) is 18.2 Å². The van der Waals surface area contributed by atoms with E-state index in [4.69, 9.17) is 9.69 Å². The SMILES string of the molecule is c1ccc(B2CCCOO2)cc1. The topological polar surface area (TPSA) is 18.5 Å². The molecule has 0 spiro atoms. The molecule has 0 unspecified atom stereocenters. The zero-order valence-corrected chi connectivity index (χ0v) is 6.90. The molecule has 0 amide bonds. The molecule has 1 heterocycles. The van der Waals surface area contributed by atoms with E-state index < -0.39 is 0 Å². The quantitative estimate of drug-likeness (QED) is 0.456.